The summed E-state index contributed by atoms with van der Waals surface area (Å²) in [5, 5.41) is 8.58. The molecule has 0 aliphatic rings. The van der Waals surface area contributed by atoms with Crippen molar-refractivity contribution in [3.63, 3.8) is 0 Å². The van der Waals surface area contributed by atoms with Crippen LogP contribution in [0.2, 0.25) is 0 Å². The van der Waals surface area contributed by atoms with Crippen LogP contribution < -0.4 is 0 Å². The summed E-state index contributed by atoms with van der Waals surface area (Å²) in [4.78, 5) is 4.52. The van der Waals surface area contributed by atoms with Gasteiger partial charge in [-0.05, 0) is 59.3 Å². The number of pyridine rings is 1. The van der Waals surface area contributed by atoms with Crippen molar-refractivity contribution in [2.75, 3.05) is 0 Å². The van der Waals surface area contributed by atoms with Crippen LogP contribution in [-0.4, -0.2) is 14.1 Å². The van der Waals surface area contributed by atoms with E-state index in [2.05, 4.69) is 130 Å². The van der Waals surface area contributed by atoms with Crippen LogP contribution in [0.1, 0.15) is 0 Å². The lowest BCUT2D eigenvalue weighted by molar-refractivity contribution is 1.12. The molecule has 3 aromatic heterocycles. The van der Waals surface area contributed by atoms with Crippen LogP contribution in [0.5, 0.6) is 0 Å². The van der Waals surface area contributed by atoms with Gasteiger partial charge in [0.25, 0.3) is 0 Å². The summed E-state index contributed by atoms with van der Waals surface area (Å²) in [5.74, 6) is 0. The monoisotopic (exact) mass is 459 g/mol. The van der Waals surface area contributed by atoms with Gasteiger partial charge in [-0.3, -0.25) is 4.98 Å². The second-order valence-corrected chi connectivity index (χ2v) is 9.38. The van der Waals surface area contributed by atoms with E-state index in [-0.39, 0.29) is 0 Å². The molecule has 3 heteroatoms. The predicted octanol–water partition coefficient (Wildman–Crippen LogP) is 8.43. The van der Waals surface area contributed by atoms with Crippen molar-refractivity contribution in [3.05, 3.63) is 128 Å². The molecule has 8 rings (SSSR count). The Labute approximate surface area is 207 Å². The SMILES string of the molecule is c1ccc(-n2c3ccccc3c3cc4cc5c(ccn5-c5cncc6ccccc56)cc4cc32)cc1. The molecule has 8 aromatic rings. The van der Waals surface area contributed by atoms with Crippen LogP contribution in [0.3, 0.4) is 0 Å². The molecule has 0 saturated carbocycles. The Morgan fingerprint density at radius 3 is 2.14 bits per heavy atom. The number of fused-ring (bicyclic) bond motifs is 6. The van der Waals surface area contributed by atoms with Gasteiger partial charge in [0, 0.05) is 45.0 Å². The average molecular weight is 460 g/mol. The van der Waals surface area contributed by atoms with Crippen molar-refractivity contribution in [3.8, 4) is 11.4 Å². The Bertz CT molecular complexity index is 2090. The number of aromatic nitrogens is 3. The molecule has 5 aromatic carbocycles. The molecule has 0 amide bonds. The first-order chi connectivity index (χ1) is 17.8. The van der Waals surface area contributed by atoms with Gasteiger partial charge in [0.2, 0.25) is 0 Å². The maximum Gasteiger partial charge on any atom is 0.0718 e. The largest absolute Gasteiger partial charge is 0.314 e. The van der Waals surface area contributed by atoms with Crippen molar-refractivity contribution in [1.82, 2.24) is 14.1 Å². The summed E-state index contributed by atoms with van der Waals surface area (Å²) in [5.41, 5.74) is 5.92. The first-order valence-corrected chi connectivity index (χ1v) is 12.2. The Kier molecular flexibility index (Phi) is 3.94. The van der Waals surface area contributed by atoms with E-state index in [1.165, 1.54) is 54.6 Å². The summed E-state index contributed by atoms with van der Waals surface area (Å²) >= 11 is 0. The van der Waals surface area contributed by atoms with Crippen LogP contribution in [0, 0.1) is 0 Å². The fourth-order valence-corrected chi connectivity index (χ4v) is 5.71. The third-order valence-corrected chi connectivity index (χ3v) is 7.36. The van der Waals surface area contributed by atoms with E-state index in [1.54, 1.807) is 0 Å². The number of nitrogens with zero attached hydrogens (tertiary/aromatic N) is 3. The molecule has 0 aliphatic heterocycles. The smallest absolute Gasteiger partial charge is 0.0718 e. The lowest BCUT2D eigenvalue weighted by atomic mass is 10.0. The minimum atomic E-state index is 1.10. The zero-order valence-electron chi connectivity index (χ0n) is 19.5. The lowest BCUT2D eigenvalue weighted by Crippen LogP contribution is -1.95. The first-order valence-electron chi connectivity index (χ1n) is 12.2. The third kappa shape index (κ3) is 2.71. The van der Waals surface area contributed by atoms with Gasteiger partial charge in [0.15, 0.2) is 0 Å². The highest BCUT2D eigenvalue weighted by atomic mass is 15.0. The van der Waals surface area contributed by atoms with Crippen molar-refractivity contribution in [1.29, 1.82) is 0 Å². The van der Waals surface area contributed by atoms with E-state index >= 15 is 0 Å². The molecular formula is C33H21N3. The molecule has 36 heavy (non-hydrogen) atoms. The van der Waals surface area contributed by atoms with E-state index in [4.69, 9.17) is 0 Å². The first kappa shape index (κ1) is 19.4. The molecule has 0 bridgehead atoms. The molecule has 0 saturated heterocycles. The summed E-state index contributed by atoms with van der Waals surface area (Å²) in [7, 11) is 0. The number of para-hydroxylation sites is 2. The molecule has 0 fully saturated rings. The molecule has 3 nitrogen and oxygen atoms in total. The summed E-state index contributed by atoms with van der Waals surface area (Å²) < 4.78 is 4.64. The van der Waals surface area contributed by atoms with Gasteiger partial charge in [-0.15, -0.1) is 0 Å². The van der Waals surface area contributed by atoms with E-state index < -0.39 is 0 Å². The summed E-state index contributed by atoms with van der Waals surface area (Å²) in [6.07, 6.45) is 6.05. The van der Waals surface area contributed by atoms with Crippen LogP contribution in [0.4, 0.5) is 0 Å². The third-order valence-electron chi connectivity index (χ3n) is 7.36. The Morgan fingerprint density at radius 1 is 0.472 bits per heavy atom. The van der Waals surface area contributed by atoms with Crippen LogP contribution >= 0.6 is 0 Å². The topological polar surface area (TPSA) is 22.8 Å². The normalized spacial score (nSPS) is 11.9. The lowest BCUT2D eigenvalue weighted by Gasteiger charge is -2.10. The summed E-state index contributed by atoms with van der Waals surface area (Å²) in [6, 6.07) is 39.3. The van der Waals surface area contributed by atoms with Gasteiger partial charge in [0.1, 0.15) is 0 Å². The highest BCUT2D eigenvalue weighted by molar-refractivity contribution is 6.15. The van der Waals surface area contributed by atoms with Gasteiger partial charge in [-0.1, -0.05) is 60.7 Å². The molecule has 0 unspecified atom stereocenters. The second-order valence-electron chi connectivity index (χ2n) is 9.38. The van der Waals surface area contributed by atoms with Gasteiger partial charge in [-0.25, -0.2) is 0 Å². The zero-order chi connectivity index (χ0) is 23.6. The molecule has 168 valence electrons. The minimum Gasteiger partial charge on any atom is -0.314 e. The van der Waals surface area contributed by atoms with Crippen molar-refractivity contribution in [2.24, 2.45) is 0 Å². The van der Waals surface area contributed by atoms with E-state index in [1.807, 2.05) is 12.4 Å². The average Bonchev–Trinajstić information content (AvgIpc) is 3.49. The van der Waals surface area contributed by atoms with Crippen LogP contribution in [0.25, 0.3) is 65.6 Å². The van der Waals surface area contributed by atoms with Gasteiger partial charge >= 0.3 is 0 Å². The zero-order valence-corrected chi connectivity index (χ0v) is 19.5. The van der Waals surface area contributed by atoms with Gasteiger partial charge in [-0.2, -0.15) is 0 Å². The quantitative estimate of drug-likeness (QED) is 0.254. The number of rotatable bonds is 2. The molecule has 3 heterocycles. The van der Waals surface area contributed by atoms with Gasteiger partial charge in [0.05, 0.1) is 28.4 Å². The molecular weight excluding hydrogens is 438 g/mol. The minimum absolute atomic E-state index is 1.10. The molecule has 0 radical (unpaired) electrons. The van der Waals surface area contributed by atoms with Gasteiger partial charge < -0.3 is 9.13 Å². The standard InChI is InChI=1S/C33H21N3/c1-2-9-26(10-3-1)36-30-13-7-6-12-28(30)29-17-25-18-31-22(16-24(25)19-32(29)36)14-15-35(31)33-21-34-20-23-8-4-5-11-27(23)33/h1-21H. The Morgan fingerprint density at radius 2 is 1.22 bits per heavy atom. The molecule has 0 N–H and O–H groups in total. The molecule has 0 spiro atoms. The molecule has 0 aliphatic carbocycles. The van der Waals surface area contributed by atoms with Crippen LogP contribution in [0.15, 0.2) is 128 Å². The summed E-state index contributed by atoms with van der Waals surface area (Å²) in [6.45, 7) is 0. The van der Waals surface area contributed by atoms with E-state index in [9.17, 15) is 0 Å². The van der Waals surface area contributed by atoms with E-state index in [0.29, 0.717) is 0 Å². The highest BCUT2D eigenvalue weighted by Crippen LogP contribution is 2.36. The predicted molar refractivity (Wildman–Crippen MR) is 150 cm³/mol. The fourth-order valence-electron chi connectivity index (χ4n) is 5.71. The number of hydrogen-bond acceptors (Lipinski definition) is 1. The molecule has 0 atom stereocenters. The van der Waals surface area contributed by atoms with Crippen molar-refractivity contribution < 1.29 is 0 Å². The maximum absolute atomic E-state index is 4.52. The van der Waals surface area contributed by atoms with E-state index in [0.717, 1.165) is 11.1 Å². The highest BCUT2D eigenvalue weighted by Gasteiger charge is 2.14. The van der Waals surface area contributed by atoms with Crippen molar-refractivity contribution in [2.45, 2.75) is 0 Å². The second kappa shape index (κ2) is 7.30. The Balaban J connectivity index is 1.44. The Hall–Kier alpha value is -4.89. The number of hydrogen-bond donors (Lipinski definition) is 0. The van der Waals surface area contributed by atoms with Crippen LogP contribution in [-0.2, 0) is 0 Å². The maximum atomic E-state index is 4.52. The fraction of sp³-hybridized carbons (Fsp3) is 0. The van der Waals surface area contributed by atoms with Crippen molar-refractivity contribution >= 4 is 54.3 Å². The number of benzene rings is 5.